The van der Waals surface area contributed by atoms with Crippen LogP contribution in [0.1, 0.15) is 11.1 Å². The quantitative estimate of drug-likeness (QED) is 0.814. The van der Waals surface area contributed by atoms with Gasteiger partial charge in [0, 0.05) is 24.2 Å². The first-order chi connectivity index (χ1) is 8.60. The Kier molecular flexibility index (Phi) is 3.38. The van der Waals surface area contributed by atoms with Crippen molar-refractivity contribution in [1.82, 2.24) is 9.78 Å². The van der Waals surface area contributed by atoms with Crippen molar-refractivity contribution in [1.29, 1.82) is 0 Å². The van der Waals surface area contributed by atoms with E-state index in [1.165, 1.54) is 6.07 Å². The van der Waals surface area contributed by atoms with Crippen molar-refractivity contribution in [2.24, 2.45) is 5.73 Å². The molecule has 0 aliphatic heterocycles. The van der Waals surface area contributed by atoms with E-state index in [4.69, 9.17) is 5.73 Å². The Bertz CT molecular complexity index is 676. The Labute approximate surface area is 102 Å². The average Bonchev–Trinajstić information content (AvgIpc) is 2.36. The standard InChI is InChI=1S/C12H12FN3O2/c13-10-2-1-8(6-14)5-9(10)7-16-12(18)4-3-11(17)15-16/h1-5H,6-7,14H2,(H,15,17). The maximum Gasteiger partial charge on any atom is 0.265 e. The van der Waals surface area contributed by atoms with E-state index in [0.717, 1.165) is 22.4 Å². The van der Waals surface area contributed by atoms with Gasteiger partial charge in [0.15, 0.2) is 0 Å². The summed E-state index contributed by atoms with van der Waals surface area (Å²) in [7, 11) is 0. The molecule has 0 aliphatic rings. The molecule has 1 aromatic heterocycles. The van der Waals surface area contributed by atoms with Gasteiger partial charge in [-0.2, -0.15) is 0 Å². The summed E-state index contributed by atoms with van der Waals surface area (Å²) >= 11 is 0. The van der Waals surface area contributed by atoms with E-state index in [1.807, 2.05) is 0 Å². The SMILES string of the molecule is NCc1ccc(F)c(Cn2[nH]c(=O)ccc2=O)c1. The minimum atomic E-state index is -0.441. The fourth-order valence-corrected chi connectivity index (χ4v) is 1.63. The molecule has 0 spiro atoms. The summed E-state index contributed by atoms with van der Waals surface area (Å²) in [5.41, 5.74) is 5.73. The minimum Gasteiger partial charge on any atom is -0.326 e. The molecular formula is C12H12FN3O2. The second-order valence-electron chi connectivity index (χ2n) is 3.86. The topological polar surface area (TPSA) is 80.9 Å². The number of aromatic nitrogens is 2. The third-order valence-corrected chi connectivity index (χ3v) is 2.56. The molecule has 0 unspecified atom stereocenters. The van der Waals surface area contributed by atoms with Crippen molar-refractivity contribution < 1.29 is 4.39 Å². The summed E-state index contributed by atoms with van der Waals surface area (Å²) in [5.74, 6) is -0.441. The number of rotatable bonds is 3. The molecule has 6 heteroatoms. The van der Waals surface area contributed by atoms with Crippen LogP contribution in [-0.2, 0) is 13.1 Å². The second-order valence-corrected chi connectivity index (χ2v) is 3.86. The van der Waals surface area contributed by atoms with Crippen LogP contribution in [0.5, 0.6) is 0 Å². The Morgan fingerprint density at radius 1 is 1.22 bits per heavy atom. The van der Waals surface area contributed by atoms with Gasteiger partial charge in [0.2, 0.25) is 0 Å². The first-order valence-corrected chi connectivity index (χ1v) is 5.37. The van der Waals surface area contributed by atoms with Crippen LogP contribution in [0.25, 0.3) is 0 Å². The lowest BCUT2D eigenvalue weighted by molar-refractivity contribution is 0.567. The first kappa shape index (κ1) is 12.3. The van der Waals surface area contributed by atoms with E-state index in [-0.39, 0.29) is 13.1 Å². The van der Waals surface area contributed by atoms with Gasteiger partial charge in [-0.05, 0) is 17.7 Å². The fraction of sp³-hybridized carbons (Fsp3) is 0.167. The average molecular weight is 249 g/mol. The summed E-state index contributed by atoms with van der Waals surface area (Å²) in [6.07, 6.45) is 0. The third-order valence-electron chi connectivity index (χ3n) is 2.56. The predicted molar refractivity (Wildman–Crippen MR) is 64.7 cm³/mol. The van der Waals surface area contributed by atoms with Crippen molar-refractivity contribution in [3.63, 3.8) is 0 Å². The lowest BCUT2D eigenvalue weighted by atomic mass is 10.1. The summed E-state index contributed by atoms with van der Waals surface area (Å²) in [6, 6.07) is 6.72. The molecule has 2 aromatic rings. The molecule has 0 bridgehead atoms. The molecule has 2 rings (SSSR count). The number of nitrogens with two attached hydrogens (primary N) is 1. The number of H-pyrrole nitrogens is 1. The molecule has 0 aliphatic carbocycles. The van der Waals surface area contributed by atoms with Gasteiger partial charge in [-0.3, -0.25) is 14.7 Å². The highest BCUT2D eigenvalue weighted by molar-refractivity contribution is 5.25. The molecule has 1 heterocycles. The Morgan fingerprint density at radius 3 is 2.72 bits per heavy atom. The smallest absolute Gasteiger partial charge is 0.265 e. The zero-order valence-electron chi connectivity index (χ0n) is 9.52. The van der Waals surface area contributed by atoms with Crippen LogP contribution in [-0.4, -0.2) is 9.78 Å². The van der Waals surface area contributed by atoms with Crippen LogP contribution in [0.2, 0.25) is 0 Å². The summed E-state index contributed by atoms with van der Waals surface area (Å²) in [4.78, 5) is 22.6. The first-order valence-electron chi connectivity index (χ1n) is 5.37. The van der Waals surface area contributed by atoms with Gasteiger partial charge in [-0.1, -0.05) is 6.07 Å². The summed E-state index contributed by atoms with van der Waals surface area (Å²) in [6.45, 7) is 0.252. The lowest BCUT2D eigenvalue weighted by Crippen LogP contribution is -2.28. The van der Waals surface area contributed by atoms with E-state index in [2.05, 4.69) is 5.10 Å². The van der Waals surface area contributed by atoms with E-state index in [9.17, 15) is 14.0 Å². The zero-order valence-corrected chi connectivity index (χ0v) is 9.52. The van der Waals surface area contributed by atoms with Gasteiger partial charge in [0.05, 0.1) is 6.54 Å². The Balaban J connectivity index is 2.42. The van der Waals surface area contributed by atoms with E-state index in [0.29, 0.717) is 5.56 Å². The molecule has 0 atom stereocenters. The highest BCUT2D eigenvalue weighted by Gasteiger charge is 2.05. The molecule has 0 saturated carbocycles. The largest absolute Gasteiger partial charge is 0.326 e. The van der Waals surface area contributed by atoms with Crippen molar-refractivity contribution in [2.75, 3.05) is 0 Å². The molecule has 18 heavy (non-hydrogen) atoms. The number of nitrogens with one attached hydrogen (secondary N) is 1. The zero-order chi connectivity index (χ0) is 13.1. The van der Waals surface area contributed by atoms with Crippen molar-refractivity contribution in [2.45, 2.75) is 13.1 Å². The number of hydrogen-bond donors (Lipinski definition) is 2. The van der Waals surface area contributed by atoms with Gasteiger partial charge in [-0.25, -0.2) is 9.07 Å². The maximum atomic E-state index is 13.6. The van der Waals surface area contributed by atoms with Crippen LogP contribution in [0, 0.1) is 5.82 Å². The lowest BCUT2D eigenvalue weighted by Gasteiger charge is -2.07. The van der Waals surface area contributed by atoms with Crippen molar-refractivity contribution in [3.05, 3.63) is 68.0 Å². The number of hydrogen-bond acceptors (Lipinski definition) is 3. The second kappa shape index (κ2) is 4.97. The summed E-state index contributed by atoms with van der Waals surface area (Å²) in [5, 5.41) is 2.34. The van der Waals surface area contributed by atoms with E-state index < -0.39 is 16.9 Å². The van der Waals surface area contributed by atoms with Gasteiger partial charge >= 0.3 is 0 Å². The van der Waals surface area contributed by atoms with Crippen molar-refractivity contribution >= 4 is 0 Å². The van der Waals surface area contributed by atoms with Crippen LogP contribution in [0.4, 0.5) is 4.39 Å². The molecule has 3 N–H and O–H groups in total. The Morgan fingerprint density at radius 2 is 2.00 bits per heavy atom. The maximum absolute atomic E-state index is 13.6. The van der Waals surface area contributed by atoms with Gasteiger partial charge in [-0.15, -0.1) is 0 Å². The highest BCUT2D eigenvalue weighted by Crippen LogP contribution is 2.10. The van der Waals surface area contributed by atoms with Crippen LogP contribution >= 0.6 is 0 Å². The van der Waals surface area contributed by atoms with Gasteiger partial charge < -0.3 is 5.73 Å². The molecule has 1 aromatic carbocycles. The fourth-order valence-electron chi connectivity index (χ4n) is 1.63. The monoisotopic (exact) mass is 249 g/mol. The predicted octanol–water partition coefficient (Wildman–Crippen LogP) is 0.183. The molecule has 0 amide bonds. The van der Waals surface area contributed by atoms with Crippen LogP contribution in [0.3, 0.4) is 0 Å². The van der Waals surface area contributed by atoms with Gasteiger partial charge in [0.25, 0.3) is 11.1 Å². The number of halogens is 1. The van der Waals surface area contributed by atoms with Crippen LogP contribution < -0.4 is 16.9 Å². The molecule has 0 saturated heterocycles. The van der Waals surface area contributed by atoms with Crippen LogP contribution in [0.15, 0.2) is 39.9 Å². The molecule has 5 nitrogen and oxygen atoms in total. The van der Waals surface area contributed by atoms with Gasteiger partial charge in [0.1, 0.15) is 5.82 Å². The molecular weight excluding hydrogens is 237 g/mol. The number of benzene rings is 1. The molecule has 0 radical (unpaired) electrons. The van der Waals surface area contributed by atoms with E-state index in [1.54, 1.807) is 12.1 Å². The summed E-state index contributed by atoms with van der Waals surface area (Å²) < 4.78 is 14.6. The number of nitrogens with zero attached hydrogens (tertiary/aromatic N) is 1. The number of aromatic amines is 1. The highest BCUT2D eigenvalue weighted by atomic mass is 19.1. The molecule has 94 valence electrons. The molecule has 0 fully saturated rings. The normalized spacial score (nSPS) is 10.6. The minimum absolute atomic E-state index is 0.0331. The van der Waals surface area contributed by atoms with Crippen molar-refractivity contribution in [3.8, 4) is 0 Å². The Hall–Kier alpha value is -2.21. The van der Waals surface area contributed by atoms with E-state index >= 15 is 0 Å². The third kappa shape index (κ3) is 2.54.